The van der Waals surface area contributed by atoms with E-state index in [0.29, 0.717) is 11.3 Å². The van der Waals surface area contributed by atoms with Crippen molar-refractivity contribution in [3.8, 4) is 0 Å². The van der Waals surface area contributed by atoms with E-state index in [-0.39, 0.29) is 11.3 Å². The monoisotopic (exact) mass is 369 g/mol. The van der Waals surface area contributed by atoms with Crippen LogP contribution < -0.4 is 11.1 Å². The molecule has 9 heteroatoms. The van der Waals surface area contributed by atoms with Crippen LogP contribution in [0, 0.1) is 10.1 Å². The normalized spacial score (nSPS) is 10.4. The Balaban J connectivity index is 1.87. The van der Waals surface area contributed by atoms with E-state index in [0.717, 1.165) is 6.08 Å². The number of amides is 2. The first-order valence-electron chi connectivity index (χ1n) is 7.65. The van der Waals surface area contributed by atoms with Crippen LogP contribution in [0.5, 0.6) is 0 Å². The summed E-state index contributed by atoms with van der Waals surface area (Å²) in [5.41, 5.74) is 5.89. The maximum absolute atomic E-state index is 11.8. The van der Waals surface area contributed by atoms with Crippen molar-refractivity contribution < 1.29 is 24.0 Å². The average molecular weight is 369 g/mol. The lowest BCUT2D eigenvalue weighted by Crippen LogP contribution is -2.20. The number of nitrogens with one attached hydrogen (secondary N) is 1. The van der Waals surface area contributed by atoms with Crippen LogP contribution in [0.2, 0.25) is 0 Å². The van der Waals surface area contributed by atoms with E-state index < -0.39 is 29.3 Å². The fourth-order valence-electron chi connectivity index (χ4n) is 2.05. The highest BCUT2D eigenvalue weighted by Gasteiger charge is 2.11. The number of primary amides is 1. The topological polar surface area (TPSA) is 142 Å². The summed E-state index contributed by atoms with van der Waals surface area (Å²) < 4.78 is 4.78. The summed E-state index contributed by atoms with van der Waals surface area (Å²) in [6.45, 7) is -0.544. The summed E-state index contributed by atoms with van der Waals surface area (Å²) >= 11 is 0. The van der Waals surface area contributed by atoms with Crippen LogP contribution in [-0.4, -0.2) is 29.3 Å². The SMILES string of the molecule is NC(=O)c1ccc(NC(=O)COC(=O)C=Cc2ccccc2[N+](=O)[O-])cc1. The van der Waals surface area contributed by atoms with Crippen LogP contribution in [-0.2, 0) is 14.3 Å². The van der Waals surface area contributed by atoms with Gasteiger partial charge in [0.05, 0.1) is 10.5 Å². The number of carbonyl (C=O) groups is 3. The van der Waals surface area contributed by atoms with Crippen molar-refractivity contribution in [2.75, 3.05) is 11.9 Å². The molecule has 0 unspecified atom stereocenters. The molecule has 0 spiro atoms. The number of hydrogen-bond acceptors (Lipinski definition) is 6. The largest absolute Gasteiger partial charge is 0.452 e. The van der Waals surface area contributed by atoms with Gasteiger partial charge in [-0.05, 0) is 36.4 Å². The van der Waals surface area contributed by atoms with Gasteiger partial charge < -0.3 is 15.8 Å². The van der Waals surface area contributed by atoms with Crippen LogP contribution in [0.3, 0.4) is 0 Å². The predicted molar refractivity (Wildman–Crippen MR) is 96.7 cm³/mol. The molecule has 0 fully saturated rings. The number of ether oxygens (including phenoxy) is 1. The first kappa shape index (κ1) is 19.3. The minimum Gasteiger partial charge on any atom is -0.452 e. The summed E-state index contributed by atoms with van der Waals surface area (Å²) in [7, 11) is 0. The maximum atomic E-state index is 11.8. The molecule has 3 N–H and O–H groups in total. The summed E-state index contributed by atoms with van der Waals surface area (Å²) in [6, 6.07) is 11.7. The van der Waals surface area contributed by atoms with Gasteiger partial charge in [0.2, 0.25) is 5.91 Å². The Morgan fingerprint density at radius 3 is 2.41 bits per heavy atom. The van der Waals surface area contributed by atoms with Crippen LogP contribution in [0.4, 0.5) is 11.4 Å². The molecule has 9 nitrogen and oxygen atoms in total. The van der Waals surface area contributed by atoms with E-state index in [1.807, 2.05) is 0 Å². The van der Waals surface area contributed by atoms with Crippen molar-refractivity contribution in [3.05, 3.63) is 75.8 Å². The number of hydrogen-bond donors (Lipinski definition) is 2. The second-order valence-electron chi connectivity index (χ2n) is 5.25. The molecule has 0 heterocycles. The Hall–Kier alpha value is -4.01. The summed E-state index contributed by atoms with van der Waals surface area (Å²) in [4.78, 5) is 44.7. The highest BCUT2D eigenvalue weighted by Crippen LogP contribution is 2.18. The first-order chi connectivity index (χ1) is 12.9. The number of nitro groups is 1. The molecule has 0 atom stereocenters. The third-order valence-electron chi connectivity index (χ3n) is 3.33. The van der Waals surface area contributed by atoms with Gasteiger partial charge in [-0.3, -0.25) is 19.7 Å². The molecule has 0 saturated heterocycles. The van der Waals surface area contributed by atoms with Gasteiger partial charge in [-0.1, -0.05) is 12.1 Å². The Morgan fingerprint density at radius 1 is 1.11 bits per heavy atom. The number of nitro benzene ring substituents is 1. The van der Waals surface area contributed by atoms with Gasteiger partial charge in [0, 0.05) is 23.4 Å². The van der Waals surface area contributed by atoms with E-state index in [1.54, 1.807) is 6.07 Å². The lowest BCUT2D eigenvalue weighted by atomic mass is 10.1. The molecule has 0 radical (unpaired) electrons. The summed E-state index contributed by atoms with van der Waals surface area (Å²) in [6.07, 6.45) is 2.23. The molecule has 0 aromatic heterocycles. The second kappa shape index (κ2) is 8.90. The van der Waals surface area contributed by atoms with E-state index >= 15 is 0 Å². The van der Waals surface area contributed by atoms with Gasteiger partial charge in [-0.25, -0.2) is 4.79 Å². The number of nitrogens with two attached hydrogens (primary N) is 1. The molecule has 2 aromatic rings. The highest BCUT2D eigenvalue weighted by atomic mass is 16.6. The number of benzene rings is 2. The van der Waals surface area contributed by atoms with Gasteiger partial charge in [-0.2, -0.15) is 0 Å². The number of carbonyl (C=O) groups excluding carboxylic acids is 3. The van der Waals surface area contributed by atoms with Crippen LogP contribution >= 0.6 is 0 Å². The number of esters is 1. The minimum absolute atomic E-state index is 0.154. The van der Waals surface area contributed by atoms with E-state index in [4.69, 9.17) is 10.5 Å². The summed E-state index contributed by atoms with van der Waals surface area (Å²) in [5, 5.41) is 13.4. The molecular weight excluding hydrogens is 354 g/mol. The molecule has 0 aliphatic carbocycles. The zero-order valence-corrected chi connectivity index (χ0v) is 14.0. The molecule has 2 rings (SSSR count). The van der Waals surface area contributed by atoms with Gasteiger partial charge >= 0.3 is 5.97 Å². The number of rotatable bonds is 7. The van der Waals surface area contributed by atoms with Crippen molar-refractivity contribution in [2.45, 2.75) is 0 Å². The number of para-hydroxylation sites is 1. The third-order valence-corrected chi connectivity index (χ3v) is 3.33. The first-order valence-corrected chi connectivity index (χ1v) is 7.65. The molecule has 0 bridgehead atoms. The lowest BCUT2D eigenvalue weighted by Gasteiger charge is -2.06. The van der Waals surface area contributed by atoms with Gasteiger partial charge in [-0.15, -0.1) is 0 Å². The molecular formula is C18H15N3O6. The van der Waals surface area contributed by atoms with E-state index in [9.17, 15) is 24.5 Å². The van der Waals surface area contributed by atoms with Gasteiger partial charge in [0.15, 0.2) is 6.61 Å². The van der Waals surface area contributed by atoms with Crippen LogP contribution in [0.15, 0.2) is 54.6 Å². The van der Waals surface area contributed by atoms with Gasteiger partial charge in [0.25, 0.3) is 11.6 Å². The van der Waals surface area contributed by atoms with Crippen molar-refractivity contribution in [1.29, 1.82) is 0 Å². The number of anilines is 1. The highest BCUT2D eigenvalue weighted by molar-refractivity contribution is 5.96. The van der Waals surface area contributed by atoms with Crippen molar-refractivity contribution in [2.24, 2.45) is 5.73 Å². The predicted octanol–water partition coefficient (Wildman–Crippen LogP) is 1.89. The van der Waals surface area contributed by atoms with E-state index in [2.05, 4.69) is 5.32 Å². The Bertz CT molecular complexity index is 906. The molecule has 2 amide bonds. The number of nitrogens with zero attached hydrogens (tertiary/aromatic N) is 1. The molecule has 0 aliphatic rings. The third kappa shape index (κ3) is 5.78. The summed E-state index contributed by atoms with van der Waals surface area (Å²) in [5.74, 6) is -2.01. The molecule has 138 valence electrons. The standard InChI is InChI=1S/C18H15N3O6/c19-18(24)13-5-8-14(9-6-13)20-16(22)11-27-17(23)10-7-12-3-1-2-4-15(12)21(25)26/h1-10H,11H2,(H2,19,24)(H,20,22). The molecule has 2 aromatic carbocycles. The fourth-order valence-corrected chi connectivity index (χ4v) is 2.05. The Labute approximate surface area is 153 Å². The molecule has 27 heavy (non-hydrogen) atoms. The Kier molecular flexibility index (Phi) is 6.37. The zero-order chi connectivity index (χ0) is 19.8. The van der Waals surface area contributed by atoms with Crippen molar-refractivity contribution >= 4 is 35.2 Å². The zero-order valence-electron chi connectivity index (χ0n) is 14.0. The molecule has 0 aliphatic heterocycles. The smallest absolute Gasteiger partial charge is 0.331 e. The quantitative estimate of drug-likeness (QED) is 0.330. The fraction of sp³-hybridized carbons (Fsp3) is 0.0556. The van der Waals surface area contributed by atoms with E-state index in [1.165, 1.54) is 48.5 Å². The van der Waals surface area contributed by atoms with Gasteiger partial charge in [0.1, 0.15) is 0 Å². The molecule has 0 saturated carbocycles. The minimum atomic E-state index is -0.827. The average Bonchev–Trinajstić information content (AvgIpc) is 2.65. The maximum Gasteiger partial charge on any atom is 0.331 e. The van der Waals surface area contributed by atoms with Crippen molar-refractivity contribution in [1.82, 2.24) is 0 Å². The second-order valence-corrected chi connectivity index (χ2v) is 5.25. The van der Waals surface area contributed by atoms with Crippen molar-refractivity contribution in [3.63, 3.8) is 0 Å². The Morgan fingerprint density at radius 2 is 1.78 bits per heavy atom. The van der Waals surface area contributed by atoms with Crippen LogP contribution in [0.25, 0.3) is 6.08 Å². The van der Waals surface area contributed by atoms with Crippen LogP contribution in [0.1, 0.15) is 15.9 Å². The lowest BCUT2D eigenvalue weighted by molar-refractivity contribution is -0.385.